The number of aliphatic hydroxyl groups excluding tert-OH is 1. The number of rotatable bonds is 6. The molecule has 0 aromatic rings. The quantitative estimate of drug-likeness (QED) is 0.783. The maximum Gasteiger partial charge on any atom is 0.407 e. The Morgan fingerprint density at radius 3 is 2.39 bits per heavy atom. The van der Waals surface area contributed by atoms with Gasteiger partial charge in [-0.15, -0.1) is 0 Å². The highest BCUT2D eigenvalue weighted by Crippen LogP contribution is 2.39. The molecule has 5 nitrogen and oxygen atoms in total. The monoisotopic (exact) mass is 329 g/mol. The van der Waals surface area contributed by atoms with E-state index in [0.29, 0.717) is 6.54 Å². The van der Waals surface area contributed by atoms with E-state index in [9.17, 15) is 9.90 Å². The lowest BCUT2D eigenvalue weighted by Crippen LogP contribution is -2.47. The average molecular weight is 329 g/mol. The number of hydrogen-bond acceptors (Lipinski definition) is 4. The molecule has 1 aliphatic rings. The van der Waals surface area contributed by atoms with E-state index in [4.69, 9.17) is 9.47 Å². The highest BCUT2D eigenvalue weighted by atomic mass is 16.6. The molecule has 0 saturated carbocycles. The third kappa shape index (κ3) is 6.30. The molecule has 2 N–H and O–H groups in total. The Hall–Kier alpha value is -0.810. The van der Waals surface area contributed by atoms with Gasteiger partial charge in [-0.25, -0.2) is 4.79 Å². The van der Waals surface area contributed by atoms with Crippen LogP contribution in [0.3, 0.4) is 0 Å². The topological polar surface area (TPSA) is 67.8 Å². The number of aliphatic hydroxyl groups is 1. The van der Waals surface area contributed by atoms with Crippen LogP contribution in [0.1, 0.15) is 67.7 Å². The lowest BCUT2D eigenvalue weighted by atomic mass is 9.73. The molecule has 0 aromatic heterocycles. The van der Waals surface area contributed by atoms with Crippen LogP contribution in [0.2, 0.25) is 0 Å². The van der Waals surface area contributed by atoms with Crippen LogP contribution in [0.4, 0.5) is 4.79 Å². The molecule has 1 aliphatic heterocycles. The first-order valence-electron chi connectivity index (χ1n) is 8.65. The molecule has 1 saturated heterocycles. The first-order chi connectivity index (χ1) is 10.4. The Balaban J connectivity index is 2.69. The highest BCUT2D eigenvalue weighted by Gasteiger charge is 2.41. The molecule has 2 atom stereocenters. The Morgan fingerprint density at radius 2 is 2.00 bits per heavy atom. The van der Waals surface area contributed by atoms with Gasteiger partial charge in [-0.05, 0) is 59.8 Å². The van der Waals surface area contributed by atoms with Gasteiger partial charge in [0.15, 0.2) is 0 Å². The molecule has 1 fully saturated rings. The normalized spacial score (nSPS) is 23.6. The van der Waals surface area contributed by atoms with Crippen LogP contribution in [0.5, 0.6) is 0 Å². The fraction of sp³-hybridized carbons (Fsp3) is 0.944. The van der Waals surface area contributed by atoms with Gasteiger partial charge in [-0.3, -0.25) is 0 Å². The lowest BCUT2D eigenvalue weighted by molar-refractivity contribution is -0.0542. The molecule has 0 aliphatic carbocycles. The standard InChI is InChI=1S/C18H35NO4/c1-13(2)18(12-20,10-14-8-9-17(6,7)22-14)11-19-15(21)23-16(3,4)5/h13-14,20H,8-12H2,1-7H3,(H,19,21). The van der Waals surface area contributed by atoms with Crippen LogP contribution in [0.15, 0.2) is 0 Å². The van der Waals surface area contributed by atoms with Crippen LogP contribution in [0.25, 0.3) is 0 Å². The molecular formula is C18H35NO4. The van der Waals surface area contributed by atoms with Gasteiger partial charge in [0.1, 0.15) is 5.60 Å². The minimum Gasteiger partial charge on any atom is -0.444 e. The maximum atomic E-state index is 11.9. The predicted octanol–water partition coefficient (Wildman–Crippen LogP) is 3.49. The summed E-state index contributed by atoms with van der Waals surface area (Å²) >= 11 is 0. The van der Waals surface area contributed by atoms with Gasteiger partial charge in [0.2, 0.25) is 0 Å². The molecule has 136 valence electrons. The summed E-state index contributed by atoms with van der Waals surface area (Å²) in [6.07, 6.45) is 2.44. The molecule has 0 spiro atoms. The van der Waals surface area contributed by atoms with Crippen molar-refractivity contribution in [3.05, 3.63) is 0 Å². The van der Waals surface area contributed by atoms with E-state index in [1.807, 2.05) is 20.8 Å². The summed E-state index contributed by atoms with van der Waals surface area (Å²) in [4.78, 5) is 11.9. The van der Waals surface area contributed by atoms with E-state index >= 15 is 0 Å². The van der Waals surface area contributed by atoms with E-state index in [0.717, 1.165) is 19.3 Å². The van der Waals surface area contributed by atoms with Crippen molar-refractivity contribution in [2.24, 2.45) is 11.3 Å². The maximum absolute atomic E-state index is 11.9. The van der Waals surface area contributed by atoms with Gasteiger partial charge in [-0.1, -0.05) is 13.8 Å². The molecule has 1 amide bonds. The third-order valence-corrected chi connectivity index (χ3v) is 4.71. The Morgan fingerprint density at radius 1 is 1.39 bits per heavy atom. The molecule has 23 heavy (non-hydrogen) atoms. The molecular weight excluding hydrogens is 294 g/mol. The average Bonchev–Trinajstić information content (AvgIpc) is 2.71. The largest absolute Gasteiger partial charge is 0.444 e. The van der Waals surface area contributed by atoms with Crippen LogP contribution < -0.4 is 5.32 Å². The van der Waals surface area contributed by atoms with Crippen molar-refractivity contribution in [3.8, 4) is 0 Å². The number of carbonyl (C=O) groups is 1. The minimum atomic E-state index is -0.525. The third-order valence-electron chi connectivity index (χ3n) is 4.71. The van der Waals surface area contributed by atoms with Gasteiger partial charge >= 0.3 is 6.09 Å². The first-order valence-corrected chi connectivity index (χ1v) is 8.65. The van der Waals surface area contributed by atoms with E-state index in [1.54, 1.807) is 0 Å². The van der Waals surface area contributed by atoms with Gasteiger partial charge < -0.3 is 19.9 Å². The molecule has 0 bridgehead atoms. The number of nitrogens with one attached hydrogen (secondary N) is 1. The zero-order valence-electron chi connectivity index (χ0n) is 15.9. The van der Waals surface area contributed by atoms with E-state index < -0.39 is 17.1 Å². The van der Waals surface area contributed by atoms with Crippen molar-refractivity contribution in [1.82, 2.24) is 5.32 Å². The summed E-state index contributed by atoms with van der Waals surface area (Å²) in [6.45, 7) is 14.3. The number of amides is 1. The SMILES string of the molecule is CC(C)C(CO)(CNC(=O)OC(C)(C)C)CC1CCC(C)(C)O1. The van der Waals surface area contributed by atoms with Crippen LogP contribution in [-0.2, 0) is 9.47 Å². The smallest absolute Gasteiger partial charge is 0.407 e. The van der Waals surface area contributed by atoms with Crippen molar-refractivity contribution in [1.29, 1.82) is 0 Å². The first kappa shape index (κ1) is 20.2. The molecule has 0 aromatic carbocycles. The second-order valence-corrected chi connectivity index (χ2v) is 8.77. The molecule has 1 heterocycles. The molecule has 2 unspecified atom stereocenters. The highest BCUT2D eigenvalue weighted by molar-refractivity contribution is 5.67. The van der Waals surface area contributed by atoms with Crippen molar-refractivity contribution >= 4 is 6.09 Å². The van der Waals surface area contributed by atoms with Crippen molar-refractivity contribution < 1.29 is 19.4 Å². The van der Waals surface area contributed by atoms with E-state index in [-0.39, 0.29) is 24.2 Å². The van der Waals surface area contributed by atoms with Gasteiger partial charge in [0, 0.05) is 12.0 Å². The summed E-state index contributed by atoms with van der Waals surface area (Å²) in [5.74, 6) is 0.217. The number of ether oxygens (including phenoxy) is 2. The van der Waals surface area contributed by atoms with Crippen LogP contribution in [0, 0.1) is 11.3 Å². The number of hydrogen-bond donors (Lipinski definition) is 2. The fourth-order valence-corrected chi connectivity index (χ4v) is 3.05. The van der Waals surface area contributed by atoms with Gasteiger partial charge in [0.05, 0.1) is 18.3 Å². The molecule has 5 heteroatoms. The Bertz CT molecular complexity index is 400. The molecule has 0 radical (unpaired) electrons. The van der Waals surface area contributed by atoms with Crippen molar-refractivity contribution in [2.45, 2.75) is 85.0 Å². The zero-order valence-corrected chi connectivity index (χ0v) is 15.9. The summed E-state index contributed by atoms with van der Waals surface area (Å²) in [5, 5.41) is 12.9. The predicted molar refractivity (Wildman–Crippen MR) is 91.4 cm³/mol. The van der Waals surface area contributed by atoms with Crippen molar-refractivity contribution in [2.75, 3.05) is 13.2 Å². The van der Waals surface area contributed by atoms with Gasteiger partial charge in [0.25, 0.3) is 0 Å². The fourth-order valence-electron chi connectivity index (χ4n) is 3.05. The van der Waals surface area contributed by atoms with E-state index in [1.165, 1.54) is 0 Å². The molecule has 1 rings (SSSR count). The minimum absolute atomic E-state index is 0.0146. The second kappa shape index (κ2) is 7.39. The summed E-state index contributed by atoms with van der Waals surface area (Å²) in [6, 6.07) is 0. The lowest BCUT2D eigenvalue weighted by Gasteiger charge is -2.38. The summed E-state index contributed by atoms with van der Waals surface area (Å²) in [7, 11) is 0. The van der Waals surface area contributed by atoms with Gasteiger partial charge in [-0.2, -0.15) is 0 Å². The zero-order chi connectivity index (χ0) is 17.9. The van der Waals surface area contributed by atoms with E-state index in [2.05, 4.69) is 33.0 Å². The summed E-state index contributed by atoms with van der Waals surface area (Å²) in [5.41, 5.74) is -1.02. The number of carbonyl (C=O) groups excluding carboxylic acids is 1. The second-order valence-electron chi connectivity index (χ2n) is 8.77. The number of alkyl carbamates (subject to hydrolysis) is 1. The summed E-state index contributed by atoms with van der Waals surface area (Å²) < 4.78 is 11.4. The Kier molecular flexibility index (Phi) is 6.50. The van der Waals surface area contributed by atoms with Crippen molar-refractivity contribution in [3.63, 3.8) is 0 Å². The van der Waals surface area contributed by atoms with Crippen LogP contribution in [-0.4, -0.2) is 41.7 Å². The Labute approximate surface area is 141 Å². The van der Waals surface area contributed by atoms with Crippen LogP contribution >= 0.6 is 0 Å².